The smallest absolute Gasteiger partial charge is 0.290 e. The maximum Gasteiger partial charge on any atom is 0.290 e. The molecule has 2 aromatic rings. The van der Waals surface area contributed by atoms with E-state index < -0.39 is 0 Å². The van der Waals surface area contributed by atoms with E-state index in [9.17, 15) is 9.59 Å². The summed E-state index contributed by atoms with van der Waals surface area (Å²) in [5.74, 6) is 0.728. The van der Waals surface area contributed by atoms with E-state index in [0.29, 0.717) is 37.8 Å². The van der Waals surface area contributed by atoms with E-state index in [0.717, 1.165) is 17.8 Å². The highest BCUT2D eigenvalue weighted by Gasteiger charge is 2.26. The molecule has 2 heterocycles. The fourth-order valence-corrected chi connectivity index (χ4v) is 2.95. The Bertz CT molecular complexity index is 752. The van der Waals surface area contributed by atoms with Crippen LogP contribution in [0.5, 0.6) is 0 Å². The van der Waals surface area contributed by atoms with Crippen LogP contribution in [0.3, 0.4) is 0 Å². The lowest BCUT2D eigenvalue weighted by Gasteiger charge is -2.27. The number of hydrogen-bond donors (Lipinski definition) is 1. The van der Waals surface area contributed by atoms with Gasteiger partial charge in [0.25, 0.3) is 5.91 Å². The first-order chi connectivity index (χ1) is 12.0. The van der Waals surface area contributed by atoms with Crippen molar-refractivity contribution in [3.05, 3.63) is 53.6 Å². The van der Waals surface area contributed by atoms with Crippen molar-refractivity contribution in [1.29, 1.82) is 0 Å². The number of imidazole rings is 1. The van der Waals surface area contributed by atoms with Gasteiger partial charge in [0.2, 0.25) is 5.91 Å². The fourth-order valence-electron chi connectivity index (χ4n) is 2.95. The van der Waals surface area contributed by atoms with Crippen LogP contribution in [0.2, 0.25) is 0 Å². The van der Waals surface area contributed by atoms with Crippen molar-refractivity contribution in [2.45, 2.75) is 39.9 Å². The molecule has 1 aromatic heterocycles. The number of rotatable bonds is 6. The Morgan fingerprint density at radius 2 is 2.00 bits per heavy atom. The van der Waals surface area contributed by atoms with Crippen molar-refractivity contribution in [2.75, 3.05) is 6.54 Å². The van der Waals surface area contributed by atoms with Crippen LogP contribution in [0.1, 0.15) is 42.1 Å². The second kappa shape index (κ2) is 7.51. The van der Waals surface area contributed by atoms with Gasteiger partial charge in [-0.05, 0) is 11.5 Å². The van der Waals surface area contributed by atoms with Gasteiger partial charge in [0.05, 0.1) is 12.2 Å². The van der Waals surface area contributed by atoms with Crippen LogP contribution in [-0.4, -0.2) is 32.8 Å². The zero-order chi connectivity index (χ0) is 17.8. The number of carbonyl (C=O) groups excluding carboxylic acids is 2. The maximum absolute atomic E-state index is 12.7. The van der Waals surface area contributed by atoms with Gasteiger partial charge in [0.1, 0.15) is 0 Å². The summed E-state index contributed by atoms with van der Waals surface area (Å²) in [5.41, 5.74) is 1.83. The lowest BCUT2D eigenvalue weighted by Crippen LogP contribution is -2.39. The molecule has 0 unspecified atom stereocenters. The van der Waals surface area contributed by atoms with Crippen LogP contribution >= 0.6 is 0 Å². The average Bonchev–Trinajstić information content (AvgIpc) is 3.00. The Kier molecular flexibility index (Phi) is 5.16. The summed E-state index contributed by atoms with van der Waals surface area (Å²) >= 11 is 0. The minimum atomic E-state index is -0.0603. The summed E-state index contributed by atoms with van der Waals surface area (Å²) in [7, 11) is 0. The lowest BCUT2D eigenvalue weighted by atomic mass is 10.1. The minimum absolute atomic E-state index is 0.0120. The first kappa shape index (κ1) is 17.2. The van der Waals surface area contributed by atoms with E-state index in [-0.39, 0.29) is 11.8 Å². The summed E-state index contributed by atoms with van der Waals surface area (Å²) in [4.78, 5) is 30.7. The average molecular weight is 340 g/mol. The highest BCUT2D eigenvalue weighted by molar-refractivity contribution is 5.91. The molecule has 0 atom stereocenters. The zero-order valence-corrected chi connectivity index (χ0v) is 14.7. The van der Waals surface area contributed by atoms with Crippen molar-refractivity contribution in [3.8, 4) is 0 Å². The second-order valence-electron chi connectivity index (χ2n) is 6.84. The minimum Gasteiger partial charge on any atom is -0.350 e. The summed E-state index contributed by atoms with van der Waals surface area (Å²) in [6, 6.07) is 9.95. The lowest BCUT2D eigenvalue weighted by molar-refractivity contribution is -0.121. The second-order valence-corrected chi connectivity index (χ2v) is 6.84. The van der Waals surface area contributed by atoms with Gasteiger partial charge in [-0.25, -0.2) is 4.98 Å². The Morgan fingerprint density at radius 3 is 2.72 bits per heavy atom. The number of nitrogens with zero attached hydrogens (tertiary/aromatic N) is 3. The third-order valence-electron chi connectivity index (χ3n) is 4.19. The standard InChI is InChI=1S/C19H24N4O2/c1-14(2)10-17(24)20-11-16-13-22-8-9-23(19(25)18(22)21-16)12-15-6-4-3-5-7-15/h3-7,13-14H,8-12H2,1-2H3,(H,20,24). The number of carbonyl (C=O) groups is 2. The molecule has 1 N–H and O–H groups in total. The molecule has 25 heavy (non-hydrogen) atoms. The maximum atomic E-state index is 12.7. The quantitative estimate of drug-likeness (QED) is 0.877. The van der Waals surface area contributed by atoms with E-state index in [4.69, 9.17) is 0 Å². The van der Waals surface area contributed by atoms with Gasteiger partial charge in [-0.2, -0.15) is 0 Å². The number of amides is 2. The third-order valence-corrected chi connectivity index (χ3v) is 4.19. The van der Waals surface area contributed by atoms with Crippen LogP contribution in [-0.2, 0) is 24.4 Å². The van der Waals surface area contributed by atoms with Crippen molar-refractivity contribution in [1.82, 2.24) is 19.8 Å². The summed E-state index contributed by atoms with van der Waals surface area (Å²) in [5, 5.41) is 2.87. The molecular weight excluding hydrogens is 316 g/mol. The van der Waals surface area contributed by atoms with Crippen molar-refractivity contribution >= 4 is 11.8 Å². The number of aromatic nitrogens is 2. The van der Waals surface area contributed by atoms with Gasteiger partial charge >= 0.3 is 0 Å². The number of benzene rings is 1. The van der Waals surface area contributed by atoms with Gasteiger partial charge in [-0.3, -0.25) is 9.59 Å². The first-order valence-corrected chi connectivity index (χ1v) is 8.69. The fraction of sp³-hybridized carbons (Fsp3) is 0.421. The van der Waals surface area contributed by atoms with Gasteiger partial charge < -0.3 is 14.8 Å². The molecule has 0 bridgehead atoms. The molecule has 1 aliphatic heterocycles. The number of hydrogen-bond acceptors (Lipinski definition) is 3. The number of nitrogens with one attached hydrogen (secondary N) is 1. The van der Waals surface area contributed by atoms with E-state index >= 15 is 0 Å². The molecule has 6 heteroatoms. The van der Waals surface area contributed by atoms with Crippen LogP contribution in [0, 0.1) is 5.92 Å². The molecule has 1 aliphatic rings. The predicted molar refractivity (Wildman–Crippen MR) is 94.7 cm³/mol. The predicted octanol–water partition coefficient (Wildman–Crippen LogP) is 2.20. The third kappa shape index (κ3) is 4.26. The summed E-state index contributed by atoms with van der Waals surface area (Å²) in [6.07, 6.45) is 2.36. The molecular formula is C19H24N4O2. The molecule has 6 nitrogen and oxygen atoms in total. The van der Waals surface area contributed by atoms with Crippen LogP contribution in [0.25, 0.3) is 0 Å². The number of fused-ring (bicyclic) bond motifs is 1. The van der Waals surface area contributed by atoms with E-state index in [1.807, 2.05) is 59.8 Å². The topological polar surface area (TPSA) is 67.2 Å². The van der Waals surface area contributed by atoms with Crippen molar-refractivity contribution < 1.29 is 9.59 Å². The van der Waals surface area contributed by atoms with Crippen LogP contribution in [0.15, 0.2) is 36.5 Å². The molecule has 132 valence electrons. The molecule has 0 saturated heterocycles. The highest BCUT2D eigenvalue weighted by Crippen LogP contribution is 2.16. The summed E-state index contributed by atoms with van der Waals surface area (Å²) in [6.45, 7) is 6.35. The Morgan fingerprint density at radius 1 is 1.24 bits per heavy atom. The molecule has 0 spiro atoms. The summed E-state index contributed by atoms with van der Waals surface area (Å²) < 4.78 is 1.88. The van der Waals surface area contributed by atoms with Crippen LogP contribution in [0.4, 0.5) is 0 Å². The van der Waals surface area contributed by atoms with Gasteiger partial charge in [-0.1, -0.05) is 44.2 Å². The molecule has 0 saturated carbocycles. The Labute approximate surface area is 147 Å². The van der Waals surface area contributed by atoms with Gasteiger partial charge in [0, 0.05) is 32.3 Å². The van der Waals surface area contributed by atoms with E-state index in [1.165, 1.54) is 0 Å². The normalized spacial score (nSPS) is 13.9. The SMILES string of the molecule is CC(C)CC(=O)NCc1cn2c(n1)C(=O)N(Cc1ccccc1)CC2. The van der Waals surface area contributed by atoms with Crippen LogP contribution < -0.4 is 5.32 Å². The van der Waals surface area contributed by atoms with Gasteiger partial charge in [-0.15, -0.1) is 0 Å². The first-order valence-electron chi connectivity index (χ1n) is 8.69. The highest BCUT2D eigenvalue weighted by atomic mass is 16.2. The largest absolute Gasteiger partial charge is 0.350 e. The van der Waals surface area contributed by atoms with Crippen molar-refractivity contribution in [2.24, 2.45) is 5.92 Å². The molecule has 0 radical (unpaired) electrons. The molecule has 1 aromatic carbocycles. The Balaban J connectivity index is 1.63. The van der Waals surface area contributed by atoms with Crippen molar-refractivity contribution in [3.63, 3.8) is 0 Å². The van der Waals surface area contributed by atoms with E-state index in [2.05, 4.69) is 10.3 Å². The molecule has 2 amide bonds. The molecule has 0 fully saturated rings. The monoisotopic (exact) mass is 340 g/mol. The Hall–Kier alpha value is -2.63. The zero-order valence-electron chi connectivity index (χ0n) is 14.7. The molecule has 3 rings (SSSR count). The van der Waals surface area contributed by atoms with E-state index in [1.54, 1.807) is 0 Å². The molecule has 0 aliphatic carbocycles. The van der Waals surface area contributed by atoms with Gasteiger partial charge in [0.15, 0.2) is 5.82 Å².